The average molecular weight is 345 g/mol. The Kier molecular flexibility index (Phi) is 7.44. The Labute approximate surface area is 121 Å². The van der Waals surface area contributed by atoms with Crippen LogP contribution < -0.4 is 0 Å². The second-order valence-corrected chi connectivity index (χ2v) is 3.39. The zero-order chi connectivity index (χ0) is 14.1. The Balaban J connectivity index is 0. The van der Waals surface area contributed by atoms with Gasteiger partial charge in [-0.15, -0.1) is 24.8 Å². The van der Waals surface area contributed by atoms with E-state index in [1.165, 1.54) is 0 Å². The highest BCUT2D eigenvalue weighted by Gasteiger charge is 2.63. The van der Waals surface area contributed by atoms with Gasteiger partial charge in [-0.1, -0.05) is 12.1 Å². The molecule has 0 bridgehead atoms. The third kappa shape index (κ3) is 3.69. The van der Waals surface area contributed by atoms with E-state index in [1.807, 2.05) is 0 Å². The topological polar surface area (TPSA) is 37.3 Å². The molecule has 0 aliphatic heterocycles. The standard InChI is InChI=1S/C10H6F6O2.2ClH/c11-8(12)9(13,10(14,15)16)6-3-1-5(2-4-6)7(17)18;;/h1-4,8H,(H,17,18);2*1H. The van der Waals surface area contributed by atoms with Gasteiger partial charge in [0.25, 0.3) is 12.1 Å². The van der Waals surface area contributed by atoms with Crippen molar-refractivity contribution < 1.29 is 36.2 Å². The summed E-state index contributed by atoms with van der Waals surface area (Å²) in [4.78, 5) is 10.4. The molecule has 0 aliphatic rings. The Morgan fingerprint density at radius 1 is 1.00 bits per heavy atom. The van der Waals surface area contributed by atoms with Crippen molar-refractivity contribution in [2.45, 2.75) is 18.3 Å². The van der Waals surface area contributed by atoms with Gasteiger partial charge in [0.15, 0.2) is 0 Å². The van der Waals surface area contributed by atoms with Crippen molar-refractivity contribution in [3.63, 3.8) is 0 Å². The average Bonchev–Trinajstić information content (AvgIpc) is 2.26. The fraction of sp³-hybridized carbons (Fsp3) is 0.300. The molecular weight excluding hydrogens is 337 g/mol. The smallest absolute Gasteiger partial charge is 0.432 e. The predicted octanol–water partition coefficient (Wildman–Crippen LogP) is 4.22. The van der Waals surface area contributed by atoms with Crippen LogP contribution in [0.2, 0.25) is 0 Å². The molecule has 0 spiro atoms. The van der Waals surface area contributed by atoms with Crippen molar-refractivity contribution in [1.29, 1.82) is 0 Å². The van der Waals surface area contributed by atoms with Gasteiger partial charge >= 0.3 is 12.1 Å². The third-order valence-electron chi connectivity index (χ3n) is 2.27. The van der Waals surface area contributed by atoms with Crippen LogP contribution in [-0.4, -0.2) is 23.7 Å². The number of carboxylic acids is 1. The molecule has 1 unspecified atom stereocenters. The molecule has 0 aromatic heterocycles. The molecule has 0 saturated heterocycles. The Morgan fingerprint density at radius 3 is 1.65 bits per heavy atom. The maximum Gasteiger partial charge on any atom is 0.432 e. The number of hydrogen-bond donors (Lipinski definition) is 1. The summed E-state index contributed by atoms with van der Waals surface area (Å²) >= 11 is 0. The zero-order valence-electron chi connectivity index (χ0n) is 9.33. The van der Waals surface area contributed by atoms with Crippen molar-refractivity contribution in [3.05, 3.63) is 35.4 Å². The molecule has 1 aromatic carbocycles. The predicted molar refractivity (Wildman–Crippen MR) is 62.7 cm³/mol. The SMILES string of the molecule is Cl.Cl.O=C(O)c1ccc(C(F)(C(F)F)C(F)(F)F)cc1. The summed E-state index contributed by atoms with van der Waals surface area (Å²) in [5.41, 5.74) is -6.59. The van der Waals surface area contributed by atoms with Gasteiger partial charge < -0.3 is 5.11 Å². The van der Waals surface area contributed by atoms with Gasteiger partial charge in [-0.3, -0.25) is 0 Å². The molecule has 116 valence electrons. The van der Waals surface area contributed by atoms with Crippen molar-refractivity contribution in [3.8, 4) is 0 Å². The molecule has 20 heavy (non-hydrogen) atoms. The van der Waals surface area contributed by atoms with Crippen molar-refractivity contribution >= 4 is 30.8 Å². The van der Waals surface area contributed by atoms with Crippen LogP contribution >= 0.6 is 24.8 Å². The molecule has 1 rings (SSSR count). The molecule has 0 fully saturated rings. The minimum Gasteiger partial charge on any atom is -0.478 e. The number of rotatable bonds is 3. The summed E-state index contributed by atoms with van der Waals surface area (Å²) in [5, 5.41) is 8.48. The fourth-order valence-electron chi connectivity index (χ4n) is 1.27. The van der Waals surface area contributed by atoms with Crippen molar-refractivity contribution in [2.75, 3.05) is 0 Å². The van der Waals surface area contributed by atoms with Crippen LogP contribution in [0.3, 0.4) is 0 Å². The number of halogens is 8. The van der Waals surface area contributed by atoms with Gasteiger partial charge in [0, 0.05) is 5.56 Å². The molecule has 2 nitrogen and oxygen atoms in total. The lowest BCUT2D eigenvalue weighted by molar-refractivity contribution is -0.274. The Bertz CT molecular complexity index is 448. The fourth-order valence-corrected chi connectivity index (χ4v) is 1.27. The van der Waals surface area contributed by atoms with E-state index < -0.39 is 35.4 Å². The second kappa shape index (κ2) is 7.03. The lowest BCUT2D eigenvalue weighted by Gasteiger charge is -2.27. The molecule has 10 heteroatoms. The lowest BCUT2D eigenvalue weighted by atomic mass is 9.94. The normalized spacial score (nSPS) is 13.9. The number of carbonyl (C=O) groups is 1. The molecule has 1 N–H and O–H groups in total. The molecule has 1 aromatic rings. The monoisotopic (exact) mass is 344 g/mol. The molecule has 0 amide bonds. The van der Waals surface area contributed by atoms with E-state index in [1.54, 1.807) is 0 Å². The first-order valence-corrected chi connectivity index (χ1v) is 4.48. The maximum absolute atomic E-state index is 13.5. The molecule has 0 saturated carbocycles. The van der Waals surface area contributed by atoms with Crippen LogP contribution in [0.25, 0.3) is 0 Å². The van der Waals surface area contributed by atoms with Crippen LogP contribution in [0, 0.1) is 0 Å². The zero-order valence-corrected chi connectivity index (χ0v) is 11.0. The number of alkyl halides is 6. The highest BCUT2D eigenvalue weighted by atomic mass is 35.5. The van der Waals surface area contributed by atoms with E-state index in [-0.39, 0.29) is 24.8 Å². The van der Waals surface area contributed by atoms with Gasteiger partial charge in [-0.25, -0.2) is 18.0 Å². The summed E-state index contributed by atoms with van der Waals surface area (Å²) in [5.74, 6) is -1.46. The van der Waals surface area contributed by atoms with Gasteiger partial charge in [-0.2, -0.15) is 13.2 Å². The largest absolute Gasteiger partial charge is 0.478 e. The first kappa shape index (κ1) is 21.2. The van der Waals surface area contributed by atoms with Crippen molar-refractivity contribution in [1.82, 2.24) is 0 Å². The van der Waals surface area contributed by atoms with Gasteiger partial charge in [-0.05, 0) is 12.1 Å². The third-order valence-corrected chi connectivity index (χ3v) is 2.27. The quantitative estimate of drug-likeness (QED) is 0.833. The van der Waals surface area contributed by atoms with Crippen LogP contribution in [0.4, 0.5) is 26.3 Å². The highest BCUT2D eigenvalue weighted by molar-refractivity contribution is 5.87. The van der Waals surface area contributed by atoms with E-state index in [4.69, 9.17) is 5.11 Å². The lowest BCUT2D eigenvalue weighted by Crippen LogP contribution is -2.44. The molecule has 0 heterocycles. The van der Waals surface area contributed by atoms with Gasteiger partial charge in [0.1, 0.15) is 0 Å². The summed E-state index contributed by atoms with van der Waals surface area (Å²) in [6.45, 7) is 0. The van der Waals surface area contributed by atoms with E-state index in [9.17, 15) is 31.1 Å². The highest BCUT2D eigenvalue weighted by Crippen LogP contribution is 2.46. The van der Waals surface area contributed by atoms with Crippen LogP contribution in [0.5, 0.6) is 0 Å². The minimum absolute atomic E-state index is 0. The molecule has 0 aliphatic carbocycles. The van der Waals surface area contributed by atoms with Crippen LogP contribution in [-0.2, 0) is 5.67 Å². The van der Waals surface area contributed by atoms with Gasteiger partial charge in [0.2, 0.25) is 0 Å². The molecule has 0 radical (unpaired) electrons. The summed E-state index contributed by atoms with van der Waals surface area (Å²) < 4.78 is 75.1. The van der Waals surface area contributed by atoms with Crippen LogP contribution in [0.1, 0.15) is 15.9 Å². The van der Waals surface area contributed by atoms with E-state index in [0.717, 1.165) is 0 Å². The Hall–Kier alpha value is -1.15. The van der Waals surface area contributed by atoms with E-state index in [0.29, 0.717) is 24.3 Å². The minimum atomic E-state index is -5.80. The van der Waals surface area contributed by atoms with Crippen LogP contribution in [0.15, 0.2) is 24.3 Å². The Morgan fingerprint density at radius 2 is 1.40 bits per heavy atom. The number of benzene rings is 1. The first-order chi connectivity index (χ1) is 8.10. The van der Waals surface area contributed by atoms with Gasteiger partial charge in [0.05, 0.1) is 5.56 Å². The molecular formula is C10H8Cl2F6O2. The number of hydrogen-bond acceptors (Lipinski definition) is 1. The summed E-state index contributed by atoms with van der Waals surface area (Å²) in [6, 6.07) is 2.01. The summed E-state index contributed by atoms with van der Waals surface area (Å²) in [7, 11) is 0. The second-order valence-electron chi connectivity index (χ2n) is 3.39. The first-order valence-electron chi connectivity index (χ1n) is 4.48. The number of carboxylic acid groups (broad SMARTS) is 1. The van der Waals surface area contributed by atoms with Crippen molar-refractivity contribution in [2.24, 2.45) is 0 Å². The van der Waals surface area contributed by atoms with E-state index >= 15 is 0 Å². The summed E-state index contributed by atoms with van der Waals surface area (Å²) in [6.07, 6.45) is -10.1. The molecule has 1 atom stereocenters. The maximum atomic E-state index is 13.5. The van der Waals surface area contributed by atoms with E-state index in [2.05, 4.69) is 0 Å². The number of aromatic carboxylic acids is 1.